The molecular weight excluding hydrogens is 182 g/mol. The molecule has 2 rings (SSSR count). The molecule has 0 heterocycles. The molecule has 0 bridgehead atoms. The number of rotatable bonds is 2. The highest BCUT2D eigenvalue weighted by molar-refractivity contribution is 5.36. The first-order chi connectivity index (χ1) is 6.47. The van der Waals surface area contributed by atoms with E-state index in [9.17, 15) is 8.78 Å². The molecule has 0 radical (unpaired) electrons. The average Bonchev–Trinajstić information content (AvgIpc) is 2.84. The van der Waals surface area contributed by atoms with Crippen molar-refractivity contribution in [1.82, 2.24) is 0 Å². The molecule has 1 aromatic rings. The zero-order valence-corrected chi connectivity index (χ0v) is 8.48. The van der Waals surface area contributed by atoms with E-state index in [4.69, 9.17) is 0 Å². The molecule has 0 N–H and O–H groups in total. The Morgan fingerprint density at radius 1 is 1.21 bits per heavy atom. The summed E-state index contributed by atoms with van der Waals surface area (Å²) in [4.78, 5) is 0. The lowest BCUT2D eigenvalue weighted by molar-refractivity contribution is 0.153. The second-order valence-corrected chi connectivity index (χ2v) is 4.53. The van der Waals surface area contributed by atoms with E-state index in [0.717, 1.165) is 12.8 Å². The first-order valence-electron chi connectivity index (χ1n) is 4.91. The van der Waals surface area contributed by atoms with Crippen LogP contribution in [-0.2, 0) is 5.41 Å². The largest absolute Gasteiger partial charge is 0.244 e. The van der Waals surface area contributed by atoms with Gasteiger partial charge in [0.2, 0.25) is 0 Å². The lowest BCUT2D eigenvalue weighted by atomic mass is 9.82. The standard InChI is InChI=1S/C12H14F2/c1-11(2,14)12(7-8-12)9-5-3-4-6-10(9)13/h3-6H,7-8H2,1-2H3. The van der Waals surface area contributed by atoms with Crippen molar-refractivity contribution >= 4 is 0 Å². The summed E-state index contributed by atoms with van der Waals surface area (Å²) in [7, 11) is 0. The lowest BCUT2D eigenvalue weighted by Gasteiger charge is -2.27. The Morgan fingerprint density at radius 2 is 1.79 bits per heavy atom. The van der Waals surface area contributed by atoms with Gasteiger partial charge < -0.3 is 0 Å². The maximum absolute atomic E-state index is 13.9. The van der Waals surface area contributed by atoms with Gasteiger partial charge in [-0.25, -0.2) is 8.78 Å². The quantitative estimate of drug-likeness (QED) is 0.677. The van der Waals surface area contributed by atoms with Gasteiger partial charge in [-0.1, -0.05) is 18.2 Å². The molecule has 1 fully saturated rings. The van der Waals surface area contributed by atoms with E-state index in [0.29, 0.717) is 5.56 Å². The maximum atomic E-state index is 13.9. The summed E-state index contributed by atoms with van der Waals surface area (Å²) < 4.78 is 27.4. The number of hydrogen-bond donors (Lipinski definition) is 0. The highest BCUT2D eigenvalue weighted by Crippen LogP contribution is 2.57. The van der Waals surface area contributed by atoms with Crippen LogP contribution in [0.25, 0.3) is 0 Å². The van der Waals surface area contributed by atoms with Crippen LogP contribution in [0.3, 0.4) is 0 Å². The fraction of sp³-hybridized carbons (Fsp3) is 0.500. The van der Waals surface area contributed by atoms with E-state index in [1.807, 2.05) is 0 Å². The number of hydrogen-bond acceptors (Lipinski definition) is 0. The molecule has 0 unspecified atom stereocenters. The van der Waals surface area contributed by atoms with E-state index < -0.39 is 11.1 Å². The summed E-state index contributed by atoms with van der Waals surface area (Å²) in [6.07, 6.45) is 1.49. The molecule has 0 aromatic heterocycles. The third kappa shape index (κ3) is 1.24. The molecule has 2 heteroatoms. The predicted octanol–water partition coefficient (Wildman–Crippen LogP) is 3.61. The van der Waals surface area contributed by atoms with Crippen LogP contribution < -0.4 is 0 Å². The summed E-state index contributed by atoms with van der Waals surface area (Å²) in [6, 6.07) is 6.51. The first-order valence-corrected chi connectivity index (χ1v) is 4.91. The van der Waals surface area contributed by atoms with E-state index >= 15 is 0 Å². The van der Waals surface area contributed by atoms with Crippen LogP contribution in [0.5, 0.6) is 0 Å². The molecule has 1 aliphatic rings. The fourth-order valence-electron chi connectivity index (χ4n) is 2.16. The minimum Gasteiger partial charge on any atom is -0.244 e. The van der Waals surface area contributed by atoms with Crippen molar-refractivity contribution < 1.29 is 8.78 Å². The summed E-state index contributed by atoms with van der Waals surface area (Å²) in [5, 5.41) is 0. The predicted molar refractivity (Wildman–Crippen MR) is 52.5 cm³/mol. The summed E-state index contributed by atoms with van der Waals surface area (Å²) in [5.41, 5.74) is -1.37. The van der Waals surface area contributed by atoms with Crippen LogP contribution in [0.1, 0.15) is 32.3 Å². The molecular formula is C12H14F2. The fourth-order valence-corrected chi connectivity index (χ4v) is 2.16. The molecule has 0 aliphatic heterocycles. The van der Waals surface area contributed by atoms with Gasteiger partial charge in [-0.2, -0.15) is 0 Å². The molecule has 1 aromatic carbocycles. The van der Waals surface area contributed by atoms with Crippen molar-refractivity contribution in [3.63, 3.8) is 0 Å². The normalized spacial score (nSPS) is 19.4. The zero-order chi connectivity index (χ0) is 10.4. The van der Waals surface area contributed by atoms with E-state index in [-0.39, 0.29) is 5.82 Å². The Labute approximate surface area is 82.9 Å². The molecule has 0 saturated heterocycles. The number of benzene rings is 1. The highest BCUT2D eigenvalue weighted by atomic mass is 19.1. The van der Waals surface area contributed by atoms with Gasteiger partial charge in [0.15, 0.2) is 0 Å². The number of alkyl halides is 1. The molecule has 76 valence electrons. The molecule has 1 saturated carbocycles. The summed E-state index contributed by atoms with van der Waals surface area (Å²) >= 11 is 0. The van der Waals surface area contributed by atoms with Crippen molar-refractivity contribution in [3.8, 4) is 0 Å². The Balaban J connectivity index is 2.46. The van der Waals surface area contributed by atoms with Crippen molar-refractivity contribution in [3.05, 3.63) is 35.6 Å². The molecule has 0 amide bonds. The third-order valence-electron chi connectivity index (χ3n) is 3.28. The van der Waals surface area contributed by atoms with Gasteiger partial charge in [-0.15, -0.1) is 0 Å². The third-order valence-corrected chi connectivity index (χ3v) is 3.28. The van der Waals surface area contributed by atoms with Gasteiger partial charge in [-0.3, -0.25) is 0 Å². The van der Waals surface area contributed by atoms with Crippen LogP contribution in [0.2, 0.25) is 0 Å². The monoisotopic (exact) mass is 196 g/mol. The first kappa shape index (κ1) is 9.63. The van der Waals surface area contributed by atoms with Crippen LogP contribution in [0.4, 0.5) is 8.78 Å². The Bertz CT molecular complexity index is 346. The van der Waals surface area contributed by atoms with Crippen molar-refractivity contribution in [1.29, 1.82) is 0 Å². The van der Waals surface area contributed by atoms with E-state index in [2.05, 4.69) is 0 Å². The molecule has 0 spiro atoms. The smallest absolute Gasteiger partial charge is 0.127 e. The molecule has 0 nitrogen and oxygen atoms in total. The van der Waals surface area contributed by atoms with Crippen LogP contribution >= 0.6 is 0 Å². The lowest BCUT2D eigenvalue weighted by Crippen LogP contribution is -2.32. The maximum Gasteiger partial charge on any atom is 0.127 e. The summed E-state index contributed by atoms with van der Waals surface area (Å²) in [5.74, 6) is -0.282. The minimum atomic E-state index is -1.34. The Morgan fingerprint density at radius 3 is 2.21 bits per heavy atom. The average molecular weight is 196 g/mol. The molecule has 14 heavy (non-hydrogen) atoms. The zero-order valence-electron chi connectivity index (χ0n) is 8.48. The van der Waals surface area contributed by atoms with E-state index in [1.54, 1.807) is 18.2 Å². The highest BCUT2D eigenvalue weighted by Gasteiger charge is 2.57. The van der Waals surface area contributed by atoms with Crippen molar-refractivity contribution in [2.45, 2.75) is 37.8 Å². The molecule has 1 aliphatic carbocycles. The van der Waals surface area contributed by atoms with E-state index in [1.165, 1.54) is 19.9 Å². The van der Waals surface area contributed by atoms with Gasteiger partial charge in [0, 0.05) is 5.41 Å². The van der Waals surface area contributed by atoms with Crippen molar-refractivity contribution in [2.24, 2.45) is 0 Å². The Hall–Kier alpha value is -0.920. The second-order valence-electron chi connectivity index (χ2n) is 4.53. The Kier molecular flexibility index (Phi) is 1.91. The van der Waals surface area contributed by atoms with Gasteiger partial charge in [0.1, 0.15) is 11.5 Å². The van der Waals surface area contributed by atoms with Gasteiger partial charge in [0.25, 0.3) is 0 Å². The van der Waals surface area contributed by atoms with Gasteiger partial charge in [0.05, 0.1) is 0 Å². The van der Waals surface area contributed by atoms with Crippen LogP contribution in [0.15, 0.2) is 24.3 Å². The number of halogens is 2. The van der Waals surface area contributed by atoms with Crippen LogP contribution in [-0.4, -0.2) is 5.67 Å². The topological polar surface area (TPSA) is 0 Å². The summed E-state index contributed by atoms with van der Waals surface area (Å²) in [6.45, 7) is 3.07. The van der Waals surface area contributed by atoms with Crippen molar-refractivity contribution in [2.75, 3.05) is 0 Å². The molecule has 0 atom stereocenters. The SMILES string of the molecule is CC(C)(F)C1(c2ccccc2F)CC1. The van der Waals surface area contributed by atoms with Crippen LogP contribution in [0, 0.1) is 5.82 Å². The van der Waals surface area contributed by atoms with Gasteiger partial charge >= 0.3 is 0 Å². The van der Waals surface area contributed by atoms with Gasteiger partial charge in [-0.05, 0) is 38.3 Å². The second kappa shape index (κ2) is 2.78. The minimum absolute atomic E-state index is 0.282.